The zero-order valence-electron chi connectivity index (χ0n) is 6.66. The van der Waals surface area contributed by atoms with Crippen LogP contribution in [0.3, 0.4) is 0 Å². The van der Waals surface area contributed by atoms with Crippen LogP contribution in [0.25, 0.3) is 0 Å². The number of hydrazine groups is 1. The van der Waals surface area contributed by atoms with Crippen molar-refractivity contribution in [3.63, 3.8) is 0 Å². The van der Waals surface area contributed by atoms with Gasteiger partial charge in [0.1, 0.15) is 0 Å². The highest BCUT2D eigenvalue weighted by Gasteiger charge is 2.07. The molecule has 64 valence electrons. The smallest absolute Gasteiger partial charge is 0.267 e. The number of hydrogen-bond donors (Lipinski definition) is 3. The van der Waals surface area contributed by atoms with Gasteiger partial charge in [0.25, 0.3) is 5.91 Å². The third-order valence-corrected chi connectivity index (χ3v) is 1.48. The van der Waals surface area contributed by atoms with Crippen molar-refractivity contribution in [3.05, 3.63) is 23.5 Å². The number of carbonyl (C=O) groups excluding carboxylic acids is 1. The quantitative estimate of drug-likeness (QED) is 0.300. The fourth-order valence-electron chi connectivity index (χ4n) is 0.857. The molecule has 1 rings (SSSR count). The second kappa shape index (κ2) is 3.19. The zero-order valence-corrected chi connectivity index (χ0v) is 6.66. The lowest BCUT2D eigenvalue weighted by Crippen LogP contribution is -2.30. The number of carbonyl (C=O) groups is 1. The van der Waals surface area contributed by atoms with Crippen molar-refractivity contribution in [1.82, 2.24) is 10.4 Å². The van der Waals surface area contributed by atoms with Gasteiger partial charge in [0.2, 0.25) is 0 Å². The summed E-state index contributed by atoms with van der Waals surface area (Å²) in [5.74, 6) is 4.57. The molecular weight excluding hydrogens is 156 g/mol. The van der Waals surface area contributed by atoms with Crippen LogP contribution in [-0.4, -0.2) is 10.9 Å². The number of nitrogens with one attached hydrogen (secondary N) is 1. The molecule has 5 N–H and O–H groups in total. The predicted octanol–water partition coefficient (Wildman–Crippen LogP) is -0.424. The van der Waals surface area contributed by atoms with Crippen LogP contribution in [0.5, 0.6) is 0 Å². The van der Waals surface area contributed by atoms with Gasteiger partial charge in [-0.2, -0.15) is 0 Å². The fourth-order valence-corrected chi connectivity index (χ4v) is 0.857. The summed E-state index contributed by atoms with van der Waals surface area (Å²) in [6.45, 7) is 1.71. The van der Waals surface area contributed by atoms with E-state index in [0.29, 0.717) is 16.9 Å². The minimum Gasteiger partial charge on any atom is -0.397 e. The Kier molecular flexibility index (Phi) is 2.25. The zero-order chi connectivity index (χ0) is 9.14. The summed E-state index contributed by atoms with van der Waals surface area (Å²) in [7, 11) is 0. The standard InChI is InChI=1S/C7H10N4O/c1-4-6(7(12)11-9)2-5(8)3-10-4/h2-3H,8-9H2,1H3,(H,11,12). The first-order chi connectivity index (χ1) is 5.65. The van der Waals surface area contributed by atoms with Crippen LogP contribution >= 0.6 is 0 Å². The summed E-state index contributed by atoms with van der Waals surface area (Å²) >= 11 is 0. The van der Waals surface area contributed by atoms with E-state index in [4.69, 9.17) is 11.6 Å². The molecule has 0 bridgehead atoms. The Morgan fingerprint density at radius 2 is 2.33 bits per heavy atom. The Bertz CT molecular complexity index is 310. The minimum absolute atomic E-state index is 0.382. The van der Waals surface area contributed by atoms with Gasteiger partial charge in [-0.15, -0.1) is 0 Å². The topological polar surface area (TPSA) is 94.0 Å². The van der Waals surface area contributed by atoms with E-state index in [-0.39, 0.29) is 5.91 Å². The summed E-state index contributed by atoms with van der Waals surface area (Å²) in [6.07, 6.45) is 1.49. The Balaban J connectivity index is 3.13. The molecule has 0 unspecified atom stereocenters. The highest BCUT2D eigenvalue weighted by atomic mass is 16.2. The molecule has 0 fully saturated rings. The molecule has 0 atom stereocenters. The third-order valence-electron chi connectivity index (χ3n) is 1.48. The van der Waals surface area contributed by atoms with Gasteiger partial charge in [-0.3, -0.25) is 15.2 Å². The lowest BCUT2D eigenvalue weighted by molar-refractivity contribution is 0.0952. The van der Waals surface area contributed by atoms with Crippen molar-refractivity contribution < 1.29 is 4.79 Å². The van der Waals surface area contributed by atoms with Gasteiger partial charge in [-0.1, -0.05) is 0 Å². The van der Waals surface area contributed by atoms with E-state index in [0.717, 1.165) is 0 Å². The summed E-state index contributed by atoms with van der Waals surface area (Å²) in [6, 6.07) is 1.53. The van der Waals surface area contributed by atoms with Gasteiger partial charge in [0, 0.05) is 0 Å². The predicted molar refractivity (Wildman–Crippen MR) is 45.0 cm³/mol. The van der Waals surface area contributed by atoms with Crippen molar-refractivity contribution in [2.75, 3.05) is 5.73 Å². The normalized spacial score (nSPS) is 9.50. The van der Waals surface area contributed by atoms with Gasteiger partial charge in [0.15, 0.2) is 0 Å². The molecule has 5 nitrogen and oxygen atoms in total. The lowest BCUT2D eigenvalue weighted by atomic mass is 10.2. The van der Waals surface area contributed by atoms with Crippen molar-refractivity contribution in [1.29, 1.82) is 0 Å². The van der Waals surface area contributed by atoms with E-state index in [1.165, 1.54) is 12.3 Å². The van der Waals surface area contributed by atoms with E-state index in [9.17, 15) is 4.79 Å². The SMILES string of the molecule is Cc1ncc(N)cc1C(=O)NN. The first-order valence-corrected chi connectivity index (χ1v) is 3.38. The van der Waals surface area contributed by atoms with Crippen LogP contribution in [0.2, 0.25) is 0 Å². The summed E-state index contributed by atoms with van der Waals surface area (Å²) in [4.78, 5) is 15.0. The molecule has 1 aromatic rings. The van der Waals surface area contributed by atoms with Crippen LogP contribution < -0.4 is 17.0 Å². The minimum atomic E-state index is -0.382. The van der Waals surface area contributed by atoms with Crippen LogP contribution in [0.1, 0.15) is 16.1 Å². The number of nitrogens with zero attached hydrogens (tertiary/aromatic N) is 1. The van der Waals surface area contributed by atoms with Gasteiger partial charge in [-0.25, -0.2) is 5.84 Å². The second-order valence-electron chi connectivity index (χ2n) is 2.38. The molecule has 1 amide bonds. The van der Waals surface area contributed by atoms with Gasteiger partial charge in [-0.05, 0) is 13.0 Å². The average molecular weight is 166 g/mol. The Hall–Kier alpha value is -1.62. The van der Waals surface area contributed by atoms with Crippen molar-refractivity contribution in [3.8, 4) is 0 Å². The first-order valence-electron chi connectivity index (χ1n) is 3.38. The van der Waals surface area contributed by atoms with Gasteiger partial charge < -0.3 is 5.73 Å². The summed E-state index contributed by atoms with van der Waals surface area (Å²) in [5.41, 5.74) is 8.90. The number of rotatable bonds is 1. The number of aryl methyl sites for hydroxylation is 1. The van der Waals surface area contributed by atoms with E-state index in [2.05, 4.69) is 4.98 Å². The van der Waals surface area contributed by atoms with Gasteiger partial charge in [0.05, 0.1) is 23.1 Å². The van der Waals surface area contributed by atoms with Crippen LogP contribution in [0.15, 0.2) is 12.3 Å². The molecule has 0 saturated heterocycles. The number of nitrogens with two attached hydrogens (primary N) is 2. The monoisotopic (exact) mass is 166 g/mol. The van der Waals surface area contributed by atoms with E-state index in [1.807, 2.05) is 5.43 Å². The highest BCUT2D eigenvalue weighted by molar-refractivity contribution is 5.95. The highest BCUT2D eigenvalue weighted by Crippen LogP contribution is 2.08. The van der Waals surface area contributed by atoms with Crippen LogP contribution in [0.4, 0.5) is 5.69 Å². The maximum Gasteiger partial charge on any atom is 0.267 e. The fraction of sp³-hybridized carbons (Fsp3) is 0.143. The number of nitrogen functional groups attached to an aromatic ring is 2. The lowest BCUT2D eigenvalue weighted by Gasteiger charge is -2.03. The van der Waals surface area contributed by atoms with E-state index in [1.54, 1.807) is 6.92 Å². The maximum absolute atomic E-state index is 11.1. The average Bonchev–Trinajstić information content (AvgIpc) is 2.08. The molecule has 1 heterocycles. The molecule has 1 aromatic heterocycles. The van der Waals surface area contributed by atoms with E-state index >= 15 is 0 Å². The molecule has 0 aliphatic heterocycles. The van der Waals surface area contributed by atoms with Crippen LogP contribution in [-0.2, 0) is 0 Å². The third kappa shape index (κ3) is 1.51. The molecule has 0 radical (unpaired) electrons. The maximum atomic E-state index is 11.1. The molecule has 0 aromatic carbocycles. The Labute approximate surface area is 69.7 Å². The molecule has 0 aliphatic carbocycles. The van der Waals surface area contributed by atoms with Crippen molar-refractivity contribution in [2.45, 2.75) is 6.92 Å². The summed E-state index contributed by atoms with van der Waals surface area (Å²) < 4.78 is 0. The number of pyridine rings is 1. The second-order valence-corrected chi connectivity index (χ2v) is 2.38. The molecular formula is C7H10N4O. The molecule has 0 saturated carbocycles. The first kappa shape index (κ1) is 8.48. The number of anilines is 1. The summed E-state index contributed by atoms with van der Waals surface area (Å²) in [5, 5.41) is 0. The van der Waals surface area contributed by atoms with Crippen molar-refractivity contribution >= 4 is 11.6 Å². The van der Waals surface area contributed by atoms with Gasteiger partial charge >= 0.3 is 0 Å². The van der Waals surface area contributed by atoms with E-state index < -0.39 is 0 Å². The number of hydrogen-bond acceptors (Lipinski definition) is 4. The Morgan fingerprint density at radius 3 is 2.92 bits per heavy atom. The largest absolute Gasteiger partial charge is 0.397 e. The van der Waals surface area contributed by atoms with Crippen molar-refractivity contribution in [2.24, 2.45) is 5.84 Å². The number of aromatic nitrogens is 1. The molecule has 0 spiro atoms. The van der Waals surface area contributed by atoms with Crippen LogP contribution in [0, 0.1) is 6.92 Å². The molecule has 12 heavy (non-hydrogen) atoms. The Morgan fingerprint density at radius 1 is 1.67 bits per heavy atom. The molecule has 5 heteroatoms. The number of amides is 1. The molecule has 0 aliphatic rings.